The van der Waals surface area contributed by atoms with E-state index < -0.39 is 0 Å². The highest BCUT2D eigenvalue weighted by Gasteiger charge is 1.99. The molecule has 2 nitrogen and oxygen atoms in total. The fourth-order valence-corrected chi connectivity index (χ4v) is 0.951. The molecule has 0 bridgehead atoms. The zero-order valence-electron chi connectivity index (χ0n) is 6.96. The normalized spacial score (nSPS) is 12.9. The molecule has 3 N–H and O–H groups in total. The van der Waals surface area contributed by atoms with Gasteiger partial charge in [0, 0.05) is 11.7 Å². The molecule has 2 heteroatoms. The van der Waals surface area contributed by atoms with E-state index in [0.717, 1.165) is 5.69 Å². The average Bonchev–Trinajstić information content (AvgIpc) is 2.05. The van der Waals surface area contributed by atoms with Crippen LogP contribution >= 0.6 is 0 Å². The number of hydrogen-bond acceptors (Lipinski definition) is 2. The third kappa shape index (κ3) is 1.95. The van der Waals surface area contributed by atoms with Crippen molar-refractivity contribution in [1.82, 2.24) is 5.32 Å². The Morgan fingerprint density at radius 3 is 2.27 bits per heavy atom. The summed E-state index contributed by atoms with van der Waals surface area (Å²) in [6.45, 7) is 2.12. The third-order valence-corrected chi connectivity index (χ3v) is 1.87. The van der Waals surface area contributed by atoms with Crippen LogP contribution in [0.3, 0.4) is 0 Å². The highest BCUT2D eigenvalue weighted by Crippen LogP contribution is 2.12. The van der Waals surface area contributed by atoms with Gasteiger partial charge in [0.1, 0.15) is 0 Å². The molecular formula is C9H14N2. The second kappa shape index (κ2) is 3.39. The zero-order valence-corrected chi connectivity index (χ0v) is 6.96. The van der Waals surface area contributed by atoms with E-state index in [0.29, 0.717) is 6.04 Å². The van der Waals surface area contributed by atoms with Crippen molar-refractivity contribution in [3.8, 4) is 0 Å². The molecule has 0 fully saturated rings. The third-order valence-electron chi connectivity index (χ3n) is 1.87. The molecule has 0 amide bonds. The van der Waals surface area contributed by atoms with Crippen molar-refractivity contribution in [3.05, 3.63) is 29.8 Å². The van der Waals surface area contributed by atoms with E-state index in [1.54, 1.807) is 0 Å². The van der Waals surface area contributed by atoms with Crippen molar-refractivity contribution in [3.63, 3.8) is 0 Å². The van der Waals surface area contributed by atoms with Gasteiger partial charge in [0.2, 0.25) is 0 Å². The Bertz CT molecular complexity index is 216. The lowest BCUT2D eigenvalue weighted by molar-refractivity contribution is 0.652. The minimum atomic E-state index is 0.399. The Kier molecular flexibility index (Phi) is 2.49. The first-order valence-electron chi connectivity index (χ1n) is 3.76. The number of hydrogen-bond donors (Lipinski definition) is 2. The van der Waals surface area contributed by atoms with Crippen LogP contribution in [-0.2, 0) is 0 Å². The van der Waals surface area contributed by atoms with Gasteiger partial charge in [-0.1, -0.05) is 12.1 Å². The monoisotopic (exact) mass is 150 g/mol. The van der Waals surface area contributed by atoms with Crippen LogP contribution in [0.15, 0.2) is 24.3 Å². The van der Waals surface area contributed by atoms with E-state index in [-0.39, 0.29) is 0 Å². The summed E-state index contributed by atoms with van der Waals surface area (Å²) in [7, 11) is 1.95. The molecule has 1 rings (SSSR count). The van der Waals surface area contributed by atoms with Crippen LogP contribution < -0.4 is 11.1 Å². The van der Waals surface area contributed by atoms with E-state index in [4.69, 9.17) is 5.73 Å². The van der Waals surface area contributed by atoms with Crippen LogP contribution in [0.4, 0.5) is 5.69 Å². The molecule has 0 aliphatic carbocycles. The summed E-state index contributed by atoms with van der Waals surface area (Å²) >= 11 is 0. The molecule has 60 valence electrons. The van der Waals surface area contributed by atoms with Crippen molar-refractivity contribution in [2.24, 2.45) is 0 Å². The van der Waals surface area contributed by atoms with Crippen molar-refractivity contribution in [1.29, 1.82) is 0 Å². The molecule has 0 saturated carbocycles. The van der Waals surface area contributed by atoms with Crippen molar-refractivity contribution in [2.75, 3.05) is 12.8 Å². The Labute approximate surface area is 67.4 Å². The molecule has 0 saturated heterocycles. The van der Waals surface area contributed by atoms with Gasteiger partial charge in [-0.25, -0.2) is 0 Å². The molecule has 1 unspecified atom stereocenters. The van der Waals surface area contributed by atoms with E-state index in [2.05, 4.69) is 12.2 Å². The van der Waals surface area contributed by atoms with Gasteiger partial charge in [-0.15, -0.1) is 0 Å². The highest BCUT2D eigenvalue weighted by atomic mass is 14.8. The summed E-state index contributed by atoms with van der Waals surface area (Å²) in [5, 5.41) is 3.16. The van der Waals surface area contributed by atoms with Gasteiger partial charge in [-0.2, -0.15) is 0 Å². The smallest absolute Gasteiger partial charge is 0.0314 e. The number of anilines is 1. The summed E-state index contributed by atoms with van der Waals surface area (Å²) in [5.41, 5.74) is 7.63. The summed E-state index contributed by atoms with van der Waals surface area (Å²) in [6.07, 6.45) is 0. The van der Waals surface area contributed by atoms with Gasteiger partial charge in [0.05, 0.1) is 0 Å². The van der Waals surface area contributed by atoms with Crippen LogP contribution in [0.2, 0.25) is 0 Å². The minimum Gasteiger partial charge on any atom is -0.399 e. The molecule has 0 aliphatic rings. The Hall–Kier alpha value is -1.02. The first-order chi connectivity index (χ1) is 5.24. The van der Waals surface area contributed by atoms with E-state index in [9.17, 15) is 0 Å². The molecule has 1 aromatic carbocycles. The fourth-order valence-electron chi connectivity index (χ4n) is 0.951. The first kappa shape index (κ1) is 8.08. The van der Waals surface area contributed by atoms with E-state index >= 15 is 0 Å². The van der Waals surface area contributed by atoms with Gasteiger partial charge < -0.3 is 11.1 Å². The molecule has 0 radical (unpaired) electrons. The first-order valence-corrected chi connectivity index (χ1v) is 3.76. The lowest BCUT2D eigenvalue weighted by Crippen LogP contribution is -2.11. The van der Waals surface area contributed by atoms with Crippen LogP contribution in [0.5, 0.6) is 0 Å². The van der Waals surface area contributed by atoms with Gasteiger partial charge in [-0.3, -0.25) is 0 Å². The topological polar surface area (TPSA) is 38.0 Å². The summed E-state index contributed by atoms with van der Waals surface area (Å²) in [5.74, 6) is 0. The molecule has 11 heavy (non-hydrogen) atoms. The Morgan fingerprint density at radius 2 is 1.82 bits per heavy atom. The molecule has 0 aliphatic heterocycles. The lowest BCUT2D eigenvalue weighted by Gasteiger charge is -2.09. The second-order valence-corrected chi connectivity index (χ2v) is 2.68. The van der Waals surface area contributed by atoms with Crippen LogP contribution in [0, 0.1) is 0 Å². The Morgan fingerprint density at radius 1 is 1.27 bits per heavy atom. The number of rotatable bonds is 2. The maximum Gasteiger partial charge on any atom is 0.0314 e. The molecule has 0 heterocycles. The van der Waals surface area contributed by atoms with Gasteiger partial charge in [0.25, 0.3) is 0 Å². The summed E-state index contributed by atoms with van der Waals surface area (Å²) in [4.78, 5) is 0. The summed E-state index contributed by atoms with van der Waals surface area (Å²) in [6, 6.07) is 8.31. The number of nitrogens with two attached hydrogens (primary N) is 1. The molecule has 0 aromatic heterocycles. The summed E-state index contributed by atoms with van der Waals surface area (Å²) < 4.78 is 0. The molecule has 0 spiro atoms. The van der Waals surface area contributed by atoms with E-state index in [1.807, 2.05) is 31.3 Å². The minimum absolute atomic E-state index is 0.399. The van der Waals surface area contributed by atoms with Crippen LogP contribution in [-0.4, -0.2) is 7.05 Å². The fraction of sp³-hybridized carbons (Fsp3) is 0.333. The zero-order chi connectivity index (χ0) is 8.27. The largest absolute Gasteiger partial charge is 0.399 e. The van der Waals surface area contributed by atoms with Crippen LogP contribution in [0.25, 0.3) is 0 Å². The number of nitrogen functional groups attached to an aromatic ring is 1. The lowest BCUT2D eigenvalue weighted by atomic mass is 10.1. The number of nitrogens with one attached hydrogen (secondary N) is 1. The number of benzene rings is 1. The van der Waals surface area contributed by atoms with Crippen LogP contribution in [0.1, 0.15) is 18.5 Å². The van der Waals surface area contributed by atoms with Crippen molar-refractivity contribution >= 4 is 5.69 Å². The SMILES string of the molecule is CNC(C)c1ccc(N)cc1. The molecular weight excluding hydrogens is 136 g/mol. The molecule has 1 atom stereocenters. The van der Waals surface area contributed by atoms with Gasteiger partial charge >= 0.3 is 0 Å². The Balaban J connectivity index is 2.81. The average molecular weight is 150 g/mol. The van der Waals surface area contributed by atoms with Gasteiger partial charge in [0.15, 0.2) is 0 Å². The standard InChI is InChI=1S/C9H14N2/c1-7(11-2)8-3-5-9(10)6-4-8/h3-7,11H,10H2,1-2H3. The second-order valence-electron chi connectivity index (χ2n) is 2.68. The van der Waals surface area contributed by atoms with Crippen molar-refractivity contribution in [2.45, 2.75) is 13.0 Å². The maximum atomic E-state index is 5.55. The molecule has 1 aromatic rings. The van der Waals surface area contributed by atoms with Gasteiger partial charge in [-0.05, 0) is 31.7 Å². The van der Waals surface area contributed by atoms with Crippen molar-refractivity contribution < 1.29 is 0 Å². The quantitative estimate of drug-likeness (QED) is 0.628. The predicted molar refractivity (Wildman–Crippen MR) is 48.3 cm³/mol. The van der Waals surface area contributed by atoms with E-state index in [1.165, 1.54) is 5.56 Å². The highest BCUT2D eigenvalue weighted by molar-refractivity contribution is 5.39. The maximum absolute atomic E-state index is 5.55. The predicted octanol–water partition coefficient (Wildman–Crippen LogP) is 1.55.